The number of aromatic nitrogens is 3. The van der Waals surface area contributed by atoms with E-state index in [1.54, 1.807) is 16.9 Å². The van der Waals surface area contributed by atoms with E-state index >= 15 is 0 Å². The Labute approximate surface area is 190 Å². The number of aryl methyl sites for hydroxylation is 2. The number of hydrogen-bond donors (Lipinski definition) is 2. The van der Waals surface area contributed by atoms with Crippen molar-refractivity contribution >= 4 is 28.9 Å². The summed E-state index contributed by atoms with van der Waals surface area (Å²) in [5, 5.41) is 9.37. The van der Waals surface area contributed by atoms with Gasteiger partial charge in [-0.2, -0.15) is 5.10 Å². The lowest BCUT2D eigenvalue weighted by Crippen LogP contribution is -2.42. The standard InChI is InChI=1S/C22H27N5O6/c1-12(2)27-20-17(10-24-27)16(9-18(25-20)15-8-13(3)33-14(15)4)21(29)32-11-19(28)26-22(30)23-6-7-31-5/h8-10,12H,6-7,11H2,1-5H3,(H2,23,26,28,30). The Balaban J connectivity index is 1.84. The number of urea groups is 1. The molecule has 11 heteroatoms. The fraction of sp³-hybridized carbons (Fsp3) is 0.409. The lowest BCUT2D eigenvalue weighted by Gasteiger charge is -2.10. The van der Waals surface area contributed by atoms with Crippen LogP contribution in [0.25, 0.3) is 22.3 Å². The van der Waals surface area contributed by atoms with Crippen molar-refractivity contribution in [3.05, 3.63) is 35.4 Å². The van der Waals surface area contributed by atoms with Gasteiger partial charge >= 0.3 is 12.0 Å². The maximum Gasteiger partial charge on any atom is 0.339 e. The van der Waals surface area contributed by atoms with E-state index in [1.807, 2.05) is 33.8 Å². The lowest BCUT2D eigenvalue weighted by molar-refractivity contribution is -0.123. The molecule has 11 nitrogen and oxygen atoms in total. The van der Waals surface area contributed by atoms with Crippen LogP contribution in [-0.2, 0) is 14.3 Å². The summed E-state index contributed by atoms with van der Waals surface area (Å²) in [7, 11) is 1.49. The van der Waals surface area contributed by atoms with Gasteiger partial charge in [0, 0.05) is 25.3 Å². The number of furan rings is 1. The number of hydrogen-bond acceptors (Lipinski definition) is 8. The van der Waals surface area contributed by atoms with Crippen LogP contribution < -0.4 is 10.6 Å². The van der Waals surface area contributed by atoms with Gasteiger partial charge < -0.3 is 19.2 Å². The van der Waals surface area contributed by atoms with Crippen LogP contribution in [0.1, 0.15) is 41.8 Å². The Hall–Kier alpha value is -3.73. The second kappa shape index (κ2) is 10.3. The highest BCUT2D eigenvalue weighted by Crippen LogP contribution is 2.30. The molecular weight excluding hydrogens is 430 g/mol. The number of rotatable bonds is 8. The zero-order valence-electron chi connectivity index (χ0n) is 19.2. The molecule has 0 aliphatic rings. The minimum absolute atomic E-state index is 0.00343. The summed E-state index contributed by atoms with van der Waals surface area (Å²) in [6.45, 7) is 7.46. The third kappa shape index (κ3) is 5.55. The maximum atomic E-state index is 12.9. The molecule has 0 radical (unpaired) electrons. The van der Waals surface area contributed by atoms with E-state index in [9.17, 15) is 14.4 Å². The molecule has 0 aliphatic carbocycles. The molecule has 3 aromatic rings. The van der Waals surface area contributed by atoms with Gasteiger partial charge in [-0.3, -0.25) is 10.1 Å². The third-order valence-corrected chi connectivity index (χ3v) is 4.77. The first-order valence-corrected chi connectivity index (χ1v) is 10.4. The topological polar surface area (TPSA) is 138 Å². The van der Waals surface area contributed by atoms with Crippen LogP contribution >= 0.6 is 0 Å². The number of methoxy groups -OCH3 is 1. The lowest BCUT2D eigenvalue weighted by atomic mass is 10.1. The zero-order chi connectivity index (χ0) is 24.1. The molecule has 3 amide bonds. The number of nitrogens with zero attached hydrogens (tertiary/aromatic N) is 3. The summed E-state index contributed by atoms with van der Waals surface area (Å²) in [5.41, 5.74) is 1.98. The van der Waals surface area contributed by atoms with E-state index in [-0.39, 0.29) is 18.2 Å². The van der Waals surface area contributed by atoms with Crippen LogP contribution in [0.2, 0.25) is 0 Å². The van der Waals surface area contributed by atoms with Crippen molar-refractivity contribution in [2.45, 2.75) is 33.7 Å². The van der Waals surface area contributed by atoms with E-state index in [4.69, 9.17) is 18.9 Å². The van der Waals surface area contributed by atoms with Crippen molar-refractivity contribution in [2.75, 3.05) is 26.9 Å². The van der Waals surface area contributed by atoms with Crippen molar-refractivity contribution < 1.29 is 28.3 Å². The number of nitrogens with one attached hydrogen (secondary N) is 2. The monoisotopic (exact) mass is 457 g/mol. The van der Waals surface area contributed by atoms with E-state index in [1.165, 1.54) is 7.11 Å². The van der Waals surface area contributed by atoms with E-state index in [2.05, 4.69) is 15.7 Å². The molecule has 0 bridgehead atoms. The molecular formula is C22H27N5O6. The number of fused-ring (bicyclic) bond motifs is 1. The van der Waals surface area contributed by atoms with Gasteiger partial charge in [-0.15, -0.1) is 0 Å². The van der Waals surface area contributed by atoms with Crippen LogP contribution in [0, 0.1) is 13.8 Å². The van der Waals surface area contributed by atoms with E-state index in [0.717, 1.165) is 5.56 Å². The van der Waals surface area contributed by atoms with Gasteiger partial charge in [-0.05, 0) is 39.8 Å². The van der Waals surface area contributed by atoms with E-state index in [0.29, 0.717) is 34.9 Å². The fourth-order valence-electron chi connectivity index (χ4n) is 3.27. The number of carbonyl (C=O) groups excluding carboxylic acids is 3. The van der Waals surface area contributed by atoms with Gasteiger partial charge in [-0.1, -0.05) is 0 Å². The molecule has 3 heterocycles. The Morgan fingerprint density at radius 2 is 1.97 bits per heavy atom. The molecule has 0 atom stereocenters. The number of esters is 1. The number of amides is 3. The average Bonchev–Trinajstić information content (AvgIpc) is 3.33. The molecule has 0 aromatic carbocycles. The van der Waals surface area contributed by atoms with Crippen molar-refractivity contribution in [3.8, 4) is 11.3 Å². The highest BCUT2D eigenvalue weighted by atomic mass is 16.5. The molecule has 0 unspecified atom stereocenters. The molecule has 3 aromatic heterocycles. The van der Waals surface area contributed by atoms with Crippen LogP contribution in [0.5, 0.6) is 0 Å². The van der Waals surface area contributed by atoms with Gasteiger partial charge in [0.05, 0.1) is 29.4 Å². The Bertz CT molecular complexity index is 1180. The van der Waals surface area contributed by atoms with Gasteiger partial charge in [0.2, 0.25) is 0 Å². The summed E-state index contributed by atoms with van der Waals surface area (Å²) in [6, 6.07) is 2.72. The second-order valence-corrected chi connectivity index (χ2v) is 7.68. The van der Waals surface area contributed by atoms with E-state index < -0.39 is 24.5 Å². The summed E-state index contributed by atoms with van der Waals surface area (Å²) >= 11 is 0. The first kappa shape index (κ1) is 23.9. The van der Waals surface area contributed by atoms with Crippen LogP contribution in [-0.4, -0.2) is 59.5 Å². The molecule has 0 saturated heterocycles. The highest BCUT2D eigenvalue weighted by molar-refractivity contribution is 6.05. The Morgan fingerprint density at radius 1 is 1.21 bits per heavy atom. The van der Waals surface area contributed by atoms with Gasteiger partial charge in [0.25, 0.3) is 5.91 Å². The fourth-order valence-corrected chi connectivity index (χ4v) is 3.27. The first-order chi connectivity index (χ1) is 15.7. The number of pyridine rings is 1. The molecule has 3 rings (SSSR count). The number of ether oxygens (including phenoxy) is 2. The largest absolute Gasteiger partial charge is 0.466 e. The van der Waals surface area contributed by atoms with Crippen molar-refractivity contribution in [1.29, 1.82) is 0 Å². The summed E-state index contributed by atoms with van der Waals surface area (Å²) < 4.78 is 17.3. The van der Waals surface area contributed by atoms with Gasteiger partial charge in [0.1, 0.15) is 11.5 Å². The molecule has 2 N–H and O–H groups in total. The van der Waals surface area contributed by atoms with Crippen LogP contribution in [0.3, 0.4) is 0 Å². The predicted octanol–water partition coefficient (Wildman–Crippen LogP) is 2.52. The van der Waals surface area contributed by atoms with Crippen molar-refractivity contribution in [1.82, 2.24) is 25.4 Å². The zero-order valence-corrected chi connectivity index (χ0v) is 19.2. The normalized spacial score (nSPS) is 11.1. The third-order valence-electron chi connectivity index (χ3n) is 4.77. The predicted molar refractivity (Wildman–Crippen MR) is 119 cm³/mol. The highest BCUT2D eigenvalue weighted by Gasteiger charge is 2.22. The second-order valence-electron chi connectivity index (χ2n) is 7.68. The molecule has 0 aliphatic heterocycles. The maximum absolute atomic E-state index is 12.9. The number of imide groups is 1. The Kier molecular flexibility index (Phi) is 7.44. The summed E-state index contributed by atoms with van der Waals surface area (Å²) in [4.78, 5) is 41.3. The summed E-state index contributed by atoms with van der Waals surface area (Å²) in [6.07, 6.45) is 1.54. The average molecular weight is 457 g/mol. The molecule has 0 fully saturated rings. The van der Waals surface area contributed by atoms with Crippen LogP contribution in [0.15, 0.2) is 22.7 Å². The summed E-state index contributed by atoms with van der Waals surface area (Å²) in [5.74, 6) is -0.123. The molecule has 0 saturated carbocycles. The quantitative estimate of drug-likeness (QED) is 0.389. The molecule has 0 spiro atoms. The van der Waals surface area contributed by atoms with Crippen LogP contribution in [0.4, 0.5) is 4.79 Å². The van der Waals surface area contributed by atoms with Crippen molar-refractivity contribution in [2.24, 2.45) is 0 Å². The Morgan fingerprint density at radius 3 is 2.61 bits per heavy atom. The first-order valence-electron chi connectivity index (χ1n) is 10.4. The molecule has 176 valence electrons. The minimum atomic E-state index is -0.761. The smallest absolute Gasteiger partial charge is 0.339 e. The van der Waals surface area contributed by atoms with Gasteiger partial charge in [-0.25, -0.2) is 19.3 Å². The number of carbonyl (C=O) groups is 3. The van der Waals surface area contributed by atoms with Gasteiger partial charge in [0.15, 0.2) is 12.3 Å². The SMILES string of the molecule is COCCNC(=O)NC(=O)COC(=O)c1cc(-c2cc(C)oc2C)nc2c1cnn2C(C)C. The minimum Gasteiger partial charge on any atom is -0.466 e. The molecule has 33 heavy (non-hydrogen) atoms. The van der Waals surface area contributed by atoms with Crippen molar-refractivity contribution in [3.63, 3.8) is 0 Å².